The van der Waals surface area contributed by atoms with Gasteiger partial charge < -0.3 is 10.3 Å². The number of aryl methyl sites for hydroxylation is 1. The van der Waals surface area contributed by atoms with Gasteiger partial charge in [-0.2, -0.15) is 0 Å². The fourth-order valence-corrected chi connectivity index (χ4v) is 3.16. The number of hydrogen-bond acceptors (Lipinski definition) is 3. The van der Waals surface area contributed by atoms with Gasteiger partial charge in [-0.15, -0.1) is 0 Å². The Balaban J connectivity index is 2.61. The maximum absolute atomic E-state index is 11.7. The average Bonchev–Trinajstić information content (AvgIpc) is 2.66. The first-order valence-corrected chi connectivity index (χ1v) is 7.77. The number of para-hydroxylation sites is 1. The van der Waals surface area contributed by atoms with E-state index in [0.717, 1.165) is 22.0 Å². The summed E-state index contributed by atoms with van der Waals surface area (Å²) in [5, 5.41) is 0.984. The molecule has 0 unspecified atom stereocenters. The molecule has 0 aliphatic rings. The van der Waals surface area contributed by atoms with Crippen LogP contribution in [0.3, 0.4) is 0 Å². The number of rotatable bonds is 4. The van der Waals surface area contributed by atoms with Crippen LogP contribution < -0.4 is 5.73 Å². The van der Waals surface area contributed by atoms with Crippen molar-refractivity contribution in [1.29, 1.82) is 0 Å². The summed E-state index contributed by atoms with van der Waals surface area (Å²) < 4.78 is 25.4. The van der Waals surface area contributed by atoms with Crippen molar-refractivity contribution in [2.75, 3.05) is 5.75 Å². The van der Waals surface area contributed by atoms with E-state index in [9.17, 15) is 8.42 Å². The Labute approximate surface area is 107 Å². The molecule has 2 N–H and O–H groups in total. The molecule has 0 radical (unpaired) electrons. The molecule has 1 heterocycles. The number of aromatic nitrogens is 1. The fourth-order valence-electron chi connectivity index (χ4n) is 2.25. The Hall–Kier alpha value is -1.33. The van der Waals surface area contributed by atoms with Crippen LogP contribution in [0.2, 0.25) is 0 Å². The molecular weight excluding hydrogens is 248 g/mol. The largest absolute Gasteiger partial charge is 0.350 e. The zero-order chi connectivity index (χ0) is 13.3. The Bertz CT molecular complexity index is 672. The predicted octanol–water partition coefficient (Wildman–Crippen LogP) is 1.57. The van der Waals surface area contributed by atoms with Gasteiger partial charge in [0.05, 0.1) is 11.3 Å². The zero-order valence-corrected chi connectivity index (χ0v) is 11.5. The van der Waals surface area contributed by atoms with Crippen LogP contribution in [0.25, 0.3) is 10.9 Å². The standard InChI is InChI=1S/C13H18N2O2S/c1-3-18(16,17)9-11-8-15(2)13-10(7-14)5-4-6-12(11)13/h4-6,8H,3,7,9,14H2,1-2H3. The van der Waals surface area contributed by atoms with Crippen molar-refractivity contribution in [2.45, 2.75) is 19.2 Å². The monoisotopic (exact) mass is 266 g/mol. The van der Waals surface area contributed by atoms with Gasteiger partial charge in [0.25, 0.3) is 0 Å². The maximum Gasteiger partial charge on any atom is 0.154 e. The average molecular weight is 266 g/mol. The molecule has 0 bridgehead atoms. The van der Waals surface area contributed by atoms with E-state index in [0.29, 0.717) is 6.54 Å². The van der Waals surface area contributed by atoms with Crippen LogP contribution in [0.15, 0.2) is 24.4 Å². The van der Waals surface area contributed by atoms with Crippen molar-refractivity contribution in [2.24, 2.45) is 12.8 Å². The third kappa shape index (κ3) is 2.28. The Morgan fingerprint density at radius 2 is 2.00 bits per heavy atom. The van der Waals surface area contributed by atoms with E-state index in [1.807, 2.05) is 36.0 Å². The van der Waals surface area contributed by atoms with E-state index in [4.69, 9.17) is 5.73 Å². The van der Waals surface area contributed by atoms with Crippen LogP contribution in [0.1, 0.15) is 18.1 Å². The highest BCUT2D eigenvalue weighted by atomic mass is 32.2. The fraction of sp³-hybridized carbons (Fsp3) is 0.385. The van der Waals surface area contributed by atoms with E-state index in [2.05, 4.69) is 0 Å². The summed E-state index contributed by atoms with van der Waals surface area (Å²) in [6, 6.07) is 5.85. The van der Waals surface area contributed by atoms with E-state index in [1.165, 1.54) is 0 Å². The molecule has 1 aromatic carbocycles. The van der Waals surface area contributed by atoms with E-state index in [1.54, 1.807) is 6.92 Å². The minimum atomic E-state index is -3.01. The van der Waals surface area contributed by atoms with Gasteiger partial charge in [-0.05, 0) is 11.1 Å². The van der Waals surface area contributed by atoms with Crippen molar-refractivity contribution in [1.82, 2.24) is 4.57 Å². The van der Waals surface area contributed by atoms with Crippen molar-refractivity contribution in [3.63, 3.8) is 0 Å². The lowest BCUT2D eigenvalue weighted by atomic mass is 10.1. The number of nitrogens with zero attached hydrogens (tertiary/aromatic N) is 1. The van der Waals surface area contributed by atoms with Crippen LogP contribution in [0.5, 0.6) is 0 Å². The van der Waals surface area contributed by atoms with Gasteiger partial charge in [0.2, 0.25) is 0 Å². The molecule has 98 valence electrons. The highest BCUT2D eigenvalue weighted by Gasteiger charge is 2.15. The first-order valence-electron chi connectivity index (χ1n) is 5.94. The lowest BCUT2D eigenvalue weighted by Gasteiger charge is -2.03. The van der Waals surface area contributed by atoms with Crippen LogP contribution >= 0.6 is 0 Å². The van der Waals surface area contributed by atoms with E-state index in [-0.39, 0.29) is 11.5 Å². The molecule has 5 heteroatoms. The van der Waals surface area contributed by atoms with Crippen molar-refractivity contribution < 1.29 is 8.42 Å². The third-order valence-electron chi connectivity index (χ3n) is 3.20. The molecule has 0 atom stereocenters. The molecule has 0 spiro atoms. The molecular formula is C13H18N2O2S. The molecule has 0 aliphatic heterocycles. The summed E-state index contributed by atoms with van der Waals surface area (Å²) in [6.45, 7) is 2.13. The topological polar surface area (TPSA) is 65.1 Å². The second-order valence-corrected chi connectivity index (χ2v) is 6.81. The summed E-state index contributed by atoms with van der Waals surface area (Å²) in [4.78, 5) is 0. The van der Waals surface area contributed by atoms with Gasteiger partial charge in [0, 0.05) is 30.9 Å². The Kier molecular flexibility index (Phi) is 3.45. The van der Waals surface area contributed by atoms with Gasteiger partial charge in [0.1, 0.15) is 0 Å². The first kappa shape index (κ1) is 13.1. The molecule has 18 heavy (non-hydrogen) atoms. The molecule has 0 aliphatic carbocycles. The number of benzene rings is 1. The van der Waals surface area contributed by atoms with Crippen LogP contribution in [0.4, 0.5) is 0 Å². The summed E-state index contributed by atoms with van der Waals surface area (Å²) in [5.41, 5.74) is 8.63. The second-order valence-electron chi connectivity index (χ2n) is 4.46. The lowest BCUT2D eigenvalue weighted by Crippen LogP contribution is -2.06. The number of hydrogen-bond donors (Lipinski definition) is 1. The van der Waals surface area contributed by atoms with Gasteiger partial charge >= 0.3 is 0 Å². The number of fused-ring (bicyclic) bond motifs is 1. The molecule has 2 rings (SSSR count). The van der Waals surface area contributed by atoms with Crippen LogP contribution in [-0.4, -0.2) is 18.7 Å². The van der Waals surface area contributed by atoms with E-state index >= 15 is 0 Å². The normalized spacial score (nSPS) is 12.2. The van der Waals surface area contributed by atoms with Gasteiger partial charge in [-0.25, -0.2) is 8.42 Å². The van der Waals surface area contributed by atoms with Gasteiger partial charge in [0.15, 0.2) is 9.84 Å². The quantitative estimate of drug-likeness (QED) is 0.913. The number of nitrogens with two attached hydrogens (primary N) is 1. The zero-order valence-electron chi connectivity index (χ0n) is 10.7. The summed E-state index contributed by atoms with van der Waals surface area (Å²) >= 11 is 0. The van der Waals surface area contributed by atoms with E-state index < -0.39 is 9.84 Å². The molecule has 0 fully saturated rings. The van der Waals surface area contributed by atoms with Crippen LogP contribution in [-0.2, 0) is 29.2 Å². The molecule has 4 nitrogen and oxygen atoms in total. The summed E-state index contributed by atoms with van der Waals surface area (Å²) in [5.74, 6) is 0.259. The predicted molar refractivity (Wildman–Crippen MR) is 74.0 cm³/mol. The van der Waals surface area contributed by atoms with Gasteiger partial charge in [-0.1, -0.05) is 25.1 Å². The lowest BCUT2D eigenvalue weighted by molar-refractivity contribution is 0.596. The number of sulfone groups is 1. The Morgan fingerprint density at radius 3 is 2.61 bits per heavy atom. The van der Waals surface area contributed by atoms with Gasteiger partial charge in [-0.3, -0.25) is 0 Å². The highest BCUT2D eigenvalue weighted by molar-refractivity contribution is 7.90. The molecule has 0 saturated heterocycles. The van der Waals surface area contributed by atoms with Crippen LogP contribution in [0, 0.1) is 0 Å². The summed E-state index contributed by atoms with van der Waals surface area (Å²) in [7, 11) is -1.09. The second kappa shape index (κ2) is 4.74. The molecule has 0 saturated carbocycles. The SMILES string of the molecule is CCS(=O)(=O)Cc1cn(C)c2c(CN)cccc12. The summed E-state index contributed by atoms with van der Waals surface area (Å²) in [6.07, 6.45) is 1.89. The molecule has 0 amide bonds. The van der Waals surface area contributed by atoms with Crippen molar-refractivity contribution in [3.05, 3.63) is 35.5 Å². The highest BCUT2D eigenvalue weighted by Crippen LogP contribution is 2.25. The van der Waals surface area contributed by atoms with Crippen molar-refractivity contribution in [3.8, 4) is 0 Å². The van der Waals surface area contributed by atoms with Crippen molar-refractivity contribution >= 4 is 20.7 Å². The Morgan fingerprint density at radius 1 is 1.28 bits per heavy atom. The smallest absolute Gasteiger partial charge is 0.154 e. The molecule has 1 aromatic heterocycles. The maximum atomic E-state index is 11.7. The molecule has 2 aromatic rings. The minimum Gasteiger partial charge on any atom is -0.350 e. The third-order valence-corrected chi connectivity index (χ3v) is 4.83. The minimum absolute atomic E-state index is 0.0921. The first-order chi connectivity index (χ1) is 8.48.